The second-order valence-electron chi connectivity index (χ2n) is 8.83. The van der Waals surface area contributed by atoms with Crippen molar-refractivity contribution in [2.24, 2.45) is 5.92 Å². The quantitative estimate of drug-likeness (QED) is 0.273. The van der Waals surface area contributed by atoms with E-state index in [1.165, 1.54) is 11.2 Å². The summed E-state index contributed by atoms with van der Waals surface area (Å²) in [6, 6.07) is 17.5. The molecule has 0 spiro atoms. The molecule has 1 atom stereocenters. The minimum Gasteiger partial charge on any atom is -0.507 e. The van der Waals surface area contributed by atoms with Gasteiger partial charge in [0.25, 0.3) is 11.7 Å². The number of rotatable bonds is 8. The highest BCUT2D eigenvalue weighted by Crippen LogP contribution is 2.40. The summed E-state index contributed by atoms with van der Waals surface area (Å²) in [7, 11) is 0. The smallest absolute Gasteiger partial charge is 0.296 e. The van der Waals surface area contributed by atoms with Gasteiger partial charge in [0.1, 0.15) is 17.3 Å². The Hall–Kier alpha value is -3.80. The highest BCUT2D eigenvalue weighted by Gasteiger charge is 2.46. The predicted octanol–water partition coefficient (Wildman–Crippen LogP) is 5.50. The number of hydrogen-bond acceptors (Lipinski definition) is 5. The van der Waals surface area contributed by atoms with Crippen LogP contribution in [0.25, 0.3) is 5.76 Å². The lowest BCUT2D eigenvalue weighted by Gasteiger charge is -2.24. The lowest BCUT2D eigenvalue weighted by molar-refractivity contribution is -0.140. The van der Waals surface area contributed by atoms with Crippen LogP contribution in [0.4, 0.5) is 0 Å². The summed E-state index contributed by atoms with van der Waals surface area (Å²) < 4.78 is 11.2. The van der Waals surface area contributed by atoms with Gasteiger partial charge in [-0.2, -0.15) is 0 Å². The van der Waals surface area contributed by atoms with Crippen molar-refractivity contribution < 1.29 is 23.8 Å². The van der Waals surface area contributed by atoms with Gasteiger partial charge in [-0.1, -0.05) is 57.2 Å². The molecule has 34 heavy (non-hydrogen) atoms. The molecule has 0 radical (unpaired) electrons. The second-order valence-corrected chi connectivity index (χ2v) is 8.83. The van der Waals surface area contributed by atoms with Crippen molar-refractivity contribution in [1.29, 1.82) is 0 Å². The SMILES string of the molecule is CCc1ccc(C2/C(=C(/O)c3cccc(OCC(C)C)c3)C(=O)C(=O)N2Cc2ccco2)cc1. The van der Waals surface area contributed by atoms with Gasteiger partial charge in [0, 0.05) is 5.56 Å². The number of hydrogen-bond donors (Lipinski definition) is 1. The van der Waals surface area contributed by atoms with Crippen molar-refractivity contribution in [2.75, 3.05) is 6.61 Å². The molecule has 1 aliphatic heterocycles. The van der Waals surface area contributed by atoms with Gasteiger partial charge in [-0.25, -0.2) is 0 Å². The number of benzene rings is 2. The van der Waals surface area contributed by atoms with Crippen LogP contribution in [0.5, 0.6) is 5.75 Å². The third-order valence-corrected chi connectivity index (χ3v) is 5.84. The lowest BCUT2D eigenvalue weighted by atomic mass is 9.94. The highest BCUT2D eigenvalue weighted by molar-refractivity contribution is 6.46. The number of furan rings is 1. The molecule has 1 fully saturated rings. The van der Waals surface area contributed by atoms with Crippen LogP contribution in [0.2, 0.25) is 0 Å². The van der Waals surface area contributed by atoms with E-state index in [0.717, 1.165) is 17.5 Å². The van der Waals surface area contributed by atoms with Crippen molar-refractivity contribution in [3.8, 4) is 5.75 Å². The van der Waals surface area contributed by atoms with E-state index < -0.39 is 17.7 Å². The summed E-state index contributed by atoms with van der Waals surface area (Å²) in [6.07, 6.45) is 2.40. The number of amides is 1. The van der Waals surface area contributed by atoms with Gasteiger partial charge in [0.05, 0.1) is 31.0 Å². The van der Waals surface area contributed by atoms with Crippen molar-refractivity contribution in [2.45, 2.75) is 39.8 Å². The fourth-order valence-electron chi connectivity index (χ4n) is 4.05. The van der Waals surface area contributed by atoms with E-state index in [2.05, 4.69) is 6.92 Å². The van der Waals surface area contributed by atoms with E-state index in [0.29, 0.717) is 29.6 Å². The lowest BCUT2D eigenvalue weighted by Crippen LogP contribution is -2.29. The molecule has 176 valence electrons. The Labute approximate surface area is 199 Å². The Kier molecular flexibility index (Phi) is 6.87. The molecule has 0 aliphatic carbocycles. The Morgan fingerprint density at radius 1 is 1.09 bits per heavy atom. The maximum atomic E-state index is 13.2. The van der Waals surface area contributed by atoms with Crippen molar-refractivity contribution >= 4 is 17.4 Å². The van der Waals surface area contributed by atoms with Gasteiger partial charge in [-0.05, 0) is 47.7 Å². The summed E-state index contributed by atoms with van der Waals surface area (Å²) in [5.74, 6) is -0.125. The number of Topliss-reactive ketones (excluding diaryl/α,β-unsaturated/α-hetero) is 1. The molecular weight excluding hydrogens is 430 g/mol. The number of carbonyl (C=O) groups is 2. The first-order valence-corrected chi connectivity index (χ1v) is 11.5. The van der Waals surface area contributed by atoms with E-state index in [4.69, 9.17) is 9.15 Å². The number of likely N-dealkylation sites (tertiary alicyclic amines) is 1. The molecular formula is C28H29NO5. The van der Waals surface area contributed by atoms with Crippen molar-refractivity contribution in [3.63, 3.8) is 0 Å². The summed E-state index contributed by atoms with van der Waals surface area (Å²) in [5.41, 5.74) is 2.37. The fraction of sp³-hybridized carbons (Fsp3) is 0.286. The van der Waals surface area contributed by atoms with E-state index in [1.54, 1.807) is 36.4 Å². The molecule has 2 aromatic carbocycles. The first-order valence-electron chi connectivity index (χ1n) is 11.5. The number of aliphatic hydroxyl groups excluding tert-OH is 1. The average molecular weight is 460 g/mol. The van der Waals surface area contributed by atoms with Crippen LogP contribution in [0.3, 0.4) is 0 Å². The van der Waals surface area contributed by atoms with Crippen LogP contribution in [-0.4, -0.2) is 28.3 Å². The van der Waals surface area contributed by atoms with Crippen LogP contribution in [0, 0.1) is 5.92 Å². The minimum atomic E-state index is -0.740. The van der Waals surface area contributed by atoms with Crippen molar-refractivity contribution in [3.05, 3.63) is 95.0 Å². The molecule has 6 heteroatoms. The molecule has 0 bridgehead atoms. The minimum absolute atomic E-state index is 0.0572. The Balaban J connectivity index is 1.79. The first kappa shape index (κ1) is 23.4. The normalized spacial score (nSPS) is 17.5. The fourth-order valence-corrected chi connectivity index (χ4v) is 4.05. The number of nitrogens with zero attached hydrogens (tertiary/aromatic N) is 1. The molecule has 1 aromatic heterocycles. The van der Waals surface area contributed by atoms with Gasteiger partial charge in [-0.3, -0.25) is 9.59 Å². The Bertz CT molecular complexity index is 1190. The largest absolute Gasteiger partial charge is 0.507 e. The maximum Gasteiger partial charge on any atom is 0.296 e. The third kappa shape index (κ3) is 4.76. The molecule has 1 N–H and O–H groups in total. The molecule has 3 aromatic rings. The summed E-state index contributed by atoms with van der Waals surface area (Å²) >= 11 is 0. The van der Waals surface area contributed by atoms with E-state index in [1.807, 2.05) is 38.1 Å². The topological polar surface area (TPSA) is 80.0 Å². The van der Waals surface area contributed by atoms with Crippen LogP contribution >= 0.6 is 0 Å². The highest BCUT2D eigenvalue weighted by atomic mass is 16.5. The van der Waals surface area contributed by atoms with Crippen LogP contribution in [0.15, 0.2) is 76.9 Å². The molecule has 2 heterocycles. The molecule has 4 rings (SSSR count). The molecule has 1 aliphatic rings. The standard InChI is InChI=1S/C28H29NO5/c1-4-19-10-12-20(13-11-19)25-24(27(31)28(32)29(25)16-23-9-6-14-33-23)26(30)21-7-5-8-22(15-21)34-17-18(2)3/h5-15,18,25,30H,4,16-17H2,1-3H3/b26-24-. The molecule has 1 unspecified atom stereocenters. The predicted molar refractivity (Wildman–Crippen MR) is 129 cm³/mol. The van der Waals surface area contributed by atoms with Gasteiger partial charge in [0.15, 0.2) is 0 Å². The third-order valence-electron chi connectivity index (χ3n) is 5.84. The zero-order valence-corrected chi connectivity index (χ0v) is 19.7. The van der Waals surface area contributed by atoms with Gasteiger partial charge >= 0.3 is 0 Å². The van der Waals surface area contributed by atoms with Gasteiger partial charge < -0.3 is 19.2 Å². The molecule has 1 saturated heterocycles. The summed E-state index contributed by atoms with van der Waals surface area (Å²) in [4.78, 5) is 27.7. The van der Waals surface area contributed by atoms with Gasteiger partial charge in [0.2, 0.25) is 0 Å². The van der Waals surface area contributed by atoms with Crippen molar-refractivity contribution in [1.82, 2.24) is 4.90 Å². The van der Waals surface area contributed by atoms with E-state index >= 15 is 0 Å². The number of ether oxygens (including phenoxy) is 1. The number of carbonyl (C=O) groups excluding carboxylic acids is 2. The zero-order valence-electron chi connectivity index (χ0n) is 19.7. The van der Waals surface area contributed by atoms with Crippen LogP contribution < -0.4 is 4.74 Å². The van der Waals surface area contributed by atoms with Crippen LogP contribution in [0.1, 0.15) is 49.3 Å². The maximum absolute atomic E-state index is 13.2. The second kappa shape index (κ2) is 10.00. The van der Waals surface area contributed by atoms with E-state index in [-0.39, 0.29) is 17.9 Å². The number of aryl methyl sites for hydroxylation is 1. The monoisotopic (exact) mass is 459 g/mol. The zero-order chi connectivity index (χ0) is 24.2. The van der Waals surface area contributed by atoms with E-state index in [9.17, 15) is 14.7 Å². The van der Waals surface area contributed by atoms with Gasteiger partial charge in [-0.15, -0.1) is 0 Å². The Morgan fingerprint density at radius 2 is 1.85 bits per heavy atom. The molecule has 1 amide bonds. The summed E-state index contributed by atoms with van der Waals surface area (Å²) in [5, 5.41) is 11.3. The molecule has 6 nitrogen and oxygen atoms in total. The number of ketones is 1. The first-order chi connectivity index (χ1) is 16.4. The molecule has 0 saturated carbocycles. The average Bonchev–Trinajstić information content (AvgIpc) is 3.45. The Morgan fingerprint density at radius 3 is 2.50 bits per heavy atom. The number of aliphatic hydroxyl groups is 1. The van der Waals surface area contributed by atoms with Crippen LogP contribution in [-0.2, 0) is 22.6 Å². The summed E-state index contributed by atoms with van der Waals surface area (Å²) in [6.45, 7) is 6.81.